The van der Waals surface area contributed by atoms with E-state index in [0.717, 1.165) is 12.1 Å². The third-order valence-corrected chi connectivity index (χ3v) is 2.79. The molecule has 0 fully saturated rings. The summed E-state index contributed by atoms with van der Waals surface area (Å²) < 4.78 is 38.0. The number of benzene rings is 1. The van der Waals surface area contributed by atoms with Crippen molar-refractivity contribution >= 4 is 23.2 Å². The van der Waals surface area contributed by atoms with Crippen LogP contribution < -0.4 is 5.32 Å². The highest BCUT2D eigenvalue weighted by molar-refractivity contribution is 6.31. The summed E-state index contributed by atoms with van der Waals surface area (Å²) in [6.07, 6.45) is -1.71. The van der Waals surface area contributed by atoms with Gasteiger partial charge in [-0.1, -0.05) is 11.6 Å². The number of hydrogen-bond donors (Lipinski definition) is 2. The molecule has 8 heteroatoms. The number of imidazole rings is 1. The average molecular weight is 304 g/mol. The van der Waals surface area contributed by atoms with Crippen LogP contribution in [0.15, 0.2) is 30.7 Å². The zero-order chi connectivity index (χ0) is 14.8. The maximum absolute atomic E-state index is 12.7. The van der Waals surface area contributed by atoms with Crippen LogP contribution in [-0.4, -0.2) is 15.9 Å². The first kappa shape index (κ1) is 14.4. The summed E-state index contributed by atoms with van der Waals surface area (Å²) in [5, 5.41) is 1.96. The lowest BCUT2D eigenvalue weighted by molar-refractivity contribution is -0.137. The van der Waals surface area contributed by atoms with Crippen LogP contribution in [0.25, 0.3) is 0 Å². The van der Waals surface area contributed by atoms with Gasteiger partial charge in [0.15, 0.2) is 0 Å². The molecule has 0 spiro atoms. The highest BCUT2D eigenvalue weighted by atomic mass is 35.5. The van der Waals surface area contributed by atoms with Crippen LogP contribution in [-0.2, 0) is 17.4 Å². The van der Waals surface area contributed by atoms with Crippen molar-refractivity contribution in [3.63, 3.8) is 0 Å². The topological polar surface area (TPSA) is 57.8 Å². The minimum atomic E-state index is -4.57. The quantitative estimate of drug-likeness (QED) is 0.914. The molecule has 0 aliphatic rings. The highest BCUT2D eigenvalue weighted by Crippen LogP contribution is 2.36. The lowest BCUT2D eigenvalue weighted by Crippen LogP contribution is -2.15. The average Bonchev–Trinajstić information content (AvgIpc) is 2.83. The van der Waals surface area contributed by atoms with E-state index in [9.17, 15) is 18.0 Å². The van der Waals surface area contributed by atoms with Crippen LogP contribution in [0.5, 0.6) is 0 Å². The Morgan fingerprint density at radius 1 is 1.40 bits per heavy atom. The zero-order valence-corrected chi connectivity index (χ0v) is 10.7. The van der Waals surface area contributed by atoms with Crippen molar-refractivity contribution < 1.29 is 18.0 Å². The number of H-pyrrole nitrogens is 1. The van der Waals surface area contributed by atoms with Crippen LogP contribution in [0.3, 0.4) is 0 Å². The Bertz CT molecular complexity index is 611. The van der Waals surface area contributed by atoms with Gasteiger partial charge in [0, 0.05) is 17.6 Å². The SMILES string of the molecule is O=C(Cc1cnc[nH]1)Nc1ccc(Cl)c(C(F)(F)F)c1. The molecule has 2 N–H and O–H groups in total. The van der Waals surface area contributed by atoms with Gasteiger partial charge in [0.1, 0.15) is 0 Å². The maximum atomic E-state index is 12.7. The van der Waals surface area contributed by atoms with Gasteiger partial charge in [0.05, 0.1) is 23.3 Å². The van der Waals surface area contributed by atoms with Crippen LogP contribution >= 0.6 is 11.6 Å². The lowest BCUT2D eigenvalue weighted by Gasteiger charge is -2.11. The minimum absolute atomic E-state index is 0.00994. The second-order valence-corrected chi connectivity index (χ2v) is 4.40. The van der Waals surface area contributed by atoms with Crippen LogP contribution in [0.1, 0.15) is 11.3 Å². The number of halogens is 4. The third-order valence-electron chi connectivity index (χ3n) is 2.46. The number of carbonyl (C=O) groups is 1. The van der Waals surface area contributed by atoms with Gasteiger partial charge in [-0.25, -0.2) is 4.98 Å². The van der Waals surface area contributed by atoms with E-state index >= 15 is 0 Å². The van der Waals surface area contributed by atoms with E-state index in [2.05, 4.69) is 15.3 Å². The number of nitrogens with one attached hydrogen (secondary N) is 2. The Morgan fingerprint density at radius 2 is 2.15 bits per heavy atom. The van der Waals surface area contributed by atoms with Gasteiger partial charge in [-0.05, 0) is 18.2 Å². The van der Waals surface area contributed by atoms with Gasteiger partial charge < -0.3 is 10.3 Å². The monoisotopic (exact) mass is 303 g/mol. The van der Waals surface area contributed by atoms with Crippen molar-refractivity contribution in [3.05, 3.63) is 47.0 Å². The number of aromatic amines is 1. The molecule has 0 radical (unpaired) electrons. The first-order valence-electron chi connectivity index (χ1n) is 5.50. The van der Waals surface area contributed by atoms with Gasteiger partial charge in [-0.3, -0.25) is 4.79 Å². The van der Waals surface area contributed by atoms with E-state index in [-0.39, 0.29) is 12.1 Å². The molecule has 0 saturated heterocycles. The second kappa shape index (κ2) is 5.54. The molecule has 1 heterocycles. The molecule has 0 atom stereocenters. The maximum Gasteiger partial charge on any atom is 0.417 e. The van der Waals surface area contributed by atoms with E-state index < -0.39 is 22.7 Å². The second-order valence-electron chi connectivity index (χ2n) is 3.99. The standard InChI is InChI=1S/C12H9ClF3N3O/c13-10-2-1-7(3-9(10)12(14,15)16)19-11(20)4-8-5-17-6-18-8/h1-3,5-6H,4H2,(H,17,18)(H,19,20). The van der Waals surface area contributed by atoms with Crippen molar-refractivity contribution in [1.29, 1.82) is 0 Å². The Morgan fingerprint density at radius 3 is 2.75 bits per heavy atom. The molecule has 1 aromatic heterocycles. The minimum Gasteiger partial charge on any atom is -0.348 e. The van der Waals surface area contributed by atoms with Gasteiger partial charge >= 0.3 is 6.18 Å². The number of anilines is 1. The molecule has 1 amide bonds. The fraction of sp³-hybridized carbons (Fsp3) is 0.167. The van der Waals surface area contributed by atoms with Gasteiger partial charge in [0.25, 0.3) is 0 Å². The van der Waals surface area contributed by atoms with E-state index in [0.29, 0.717) is 5.69 Å². The summed E-state index contributed by atoms with van der Waals surface area (Å²) in [7, 11) is 0. The van der Waals surface area contributed by atoms with Crippen LogP contribution in [0, 0.1) is 0 Å². The Kier molecular flexibility index (Phi) is 3.99. The molecule has 0 unspecified atom stereocenters. The molecular weight excluding hydrogens is 295 g/mol. The number of rotatable bonds is 3. The molecule has 20 heavy (non-hydrogen) atoms. The summed E-state index contributed by atoms with van der Waals surface area (Å²) in [5.41, 5.74) is -0.391. The summed E-state index contributed by atoms with van der Waals surface area (Å²) in [6, 6.07) is 3.20. The molecule has 1 aromatic carbocycles. The number of carbonyl (C=O) groups excluding carboxylic acids is 1. The summed E-state index contributed by atoms with van der Waals surface area (Å²) in [5.74, 6) is -0.454. The molecule has 4 nitrogen and oxygen atoms in total. The lowest BCUT2D eigenvalue weighted by atomic mass is 10.2. The predicted octanol–water partition coefficient (Wildman–Crippen LogP) is 3.26. The molecule has 0 saturated carbocycles. The predicted molar refractivity (Wildman–Crippen MR) is 67.4 cm³/mol. The fourth-order valence-corrected chi connectivity index (χ4v) is 1.80. The van der Waals surface area contributed by atoms with Gasteiger partial charge in [-0.15, -0.1) is 0 Å². The van der Waals surface area contributed by atoms with Crippen molar-refractivity contribution in [2.24, 2.45) is 0 Å². The van der Waals surface area contributed by atoms with Crippen molar-refractivity contribution in [3.8, 4) is 0 Å². The molecule has 0 aliphatic carbocycles. The molecule has 106 valence electrons. The number of nitrogens with zero attached hydrogens (tertiary/aromatic N) is 1. The molecule has 2 aromatic rings. The van der Waals surface area contributed by atoms with Gasteiger partial charge in [0.2, 0.25) is 5.91 Å². The molecule has 0 bridgehead atoms. The number of alkyl halides is 3. The highest BCUT2D eigenvalue weighted by Gasteiger charge is 2.33. The summed E-state index contributed by atoms with van der Waals surface area (Å²) in [6.45, 7) is 0. The first-order chi connectivity index (χ1) is 9.36. The largest absolute Gasteiger partial charge is 0.417 e. The van der Waals surface area contributed by atoms with E-state index in [1.165, 1.54) is 18.6 Å². The van der Waals surface area contributed by atoms with Crippen molar-refractivity contribution in [2.75, 3.05) is 5.32 Å². The molecule has 2 rings (SSSR count). The van der Waals surface area contributed by atoms with Crippen LogP contribution in [0.4, 0.5) is 18.9 Å². The summed E-state index contributed by atoms with van der Waals surface area (Å²) in [4.78, 5) is 18.1. The smallest absolute Gasteiger partial charge is 0.348 e. The normalized spacial score (nSPS) is 11.4. The summed E-state index contributed by atoms with van der Waals surface area (Å²) >= 11 is 5.49. The molecule has 0 aliphatic heterocycles. The number of amides is 1. The third kappa shape index (κ3) is 3.51. The Labute approximate surface area is 117 Å². The van der Waals surface area contributed by atoms with Crippen molar-refractivity contribution in [1.82, 2.24) is 9.97 Å². The Balaban J connectivity index is 2.12. The fourth-order valence-electron chi connectivity index (χ4n) is 1.58. The zero-order valence-electron chi connectivity index (χ0n) is 9.96. The van der Waals surface area contributed by atoms with E-state index in [1.807, 2.05) is 0 Å². The first-order valence-corrected chi connectivity index (χ1v) is 5.88. The van der Waals surface area contributed by atoms with E-state index in [4.69, 9.17) is 11.6 Å². The van der Waals surface area contributed by atoms with Crippen molar-refractivity contribution in [2.45, 2.75) is 12.6 Å². The molecular formula is C12H9ClF3N3O. The van der Waals surface area contributed by atoms with E-state index in [1.54, 1.807) is 0 Å². The number of aromatic nitrogens is 2. The Hall–Kier alpha value is -2.02. The number of hydrogen-bond acceptors (Lipinski definition) is 2. The van der Waals surface area contributed by atoms with Crippen LogP contribution in [0.2, 0.25) is 5.02 Å². The van der Waals surface area contributed by atoms with Gasteiger partial charge in [-0.2, -0.15) is 13.2 Å².